The fourth-order valence-electron chi connectivity index (χ4n) is 4.50. The molecule has 7 nitrogen and oxygen atoms in total. The first-order valence-corrected chi connectivity index (χ1v) is 12.7. The number of aryl methyl sites for hydroxylation is 1. The van der Waals surface area contributed by atoms with Gasteiger partial charge in [0, 0.05) is 31.3 Å². The van der Waals surface area contributed by atoms with E-state index in [1.54, 1.807) is 23.0 Å². The minimum Gasteiger partial charge on any atom is -0.472 e. The number of pyridine rings is 1. The number of fused-ring (bicyclic) bond motifs is 1. The SMILES string of the molecule is Cc1ccc(-c2cnc3c(c2)C(=O)N([C@@H](C)CO)C[C@@H](C)[C@H](CN(C)C(=O)Cc2ccccc2)O3)cc1. The van der Waals surface area contributed by atoms with Crippen LogP contribution in [0.3, 0.4) is 0 Å². The number of rotatable bonds is 7. The fourth-order valence-corrected chi connectivity index (χ4v) is 4.50. The minimum absolute atomic E-state index is 0.0105. The van der Waals surface area contributed by atoms with Crippen molar-refractivity contribution in [3.8, 4) is 17.0 Å². The molecule has 4 rings (SSSR count). The number of hydrogen-bond acceptors (Lipinski definition) is 5. The lowest BCUT2D eigenvalue weighted by atomic mass is 9.98. The number of aliphatic hydroxyl groups is 1. The summed E-state index contributed by atoms with van der Waals surface area (Å²) in [7, 11) is 1.77. The topological polar surface area (TPSA) is 83.0 Å². The lowest BCUT2D eigenvalue weighted by molar-refractivity contribution is -0.130. The molecule has 0 radical (unpaired) electrons. The van der Waals surface area contributed by atoms with Crippen molar-refractivity contribution in [1.82, 2.24) is 14.8 Å². The van der Waals surface area contributed by atoms with Gasteiger partial charge in [-0.2, -0.15) is 0 Å². The third-order valence-corrected chi connectivity index (χ3v) is 6.98. The largest absolute Gasteiger partial charge is 0.472 e. The average molecular weight is 502 g/mol. The molecule has 0 spiro atoms. The van der Waals surface area contributed by atoms with Gasteiger partial charge in [-0.25, -0.2) is 4.98 Å². The Labute approximate surface area is 218 Å². The molecule has 1 aliphatic rings. The van der Waals surface area contributed by atoms with Gasteiger partial charge in [-0.15, -0.1) is 0 Å². The van der Waals surface area contributed by atoms with Crippen LogP contribution in [0.5, 0.6) is 5.88 Å². The predicted octanol–water partition coefficient (Wildman–Crippen LogP) is 3.98. The van der Waals surface area contributed by atoms with E-state index in [0.717, 1.165) is 22.3 Å². The molecule has 2 aromatic carbocycles. The van der Waals surface area contributed by atoms with Gasteiger partial charge < -0.3 is 19.6 Å². The molecule has 2 amide bonds. The van der Waals surface area contributed by atoms with Gasteiger partial charge in [0.15, 0.2) is 0 Å². The van der Waals surface area contributed by atoms with E-state index in [9.17, 15) is 14.7 Å². The number of aromatic nitrogens is 1. The Morgan fingerprint density at radius 1 is 1.16 bits per heavy atom. The van der Waals surface area contributed by atoms with E-state index in [1.165, 1.54) is 0 Å². The number of carbonyl (C=O) groups is 2. The maximum absolute atomic E-state index is 13.6. The molecule has 0 bridgehead atoms. The zero-order valence-electron chi connectivity index (χ0n) is 21.9. The van der Waals surface area contributed by atoms with E-state index < -0.39 is 0 Å². The third kappa shape index (κ3) is 6.17. The van der Waals surface area contributed by atoms with Crippen molar-refractivity contribution in [2.75, 3.05) is 26.7 Å². The smallest absolute Gasteiger partial charge is 0.259 e. The highest BCUT2D eigenvalue weighted by molar-refractivity contribution is 5.98. The van der Waals surface area contributed by atoms with Crippen molar-refractivity contribution >= 4 is 11.8 Å². The second-order valence-electron chi connectivity index (χ2n) is 10.0. The van der Waals surface area contributed by atoms with Gasteiger partial charge in [-0.05, 0) is 31.0 Å². The minimum atomic E-state index is -0.386. The molecule has 0 fully saturated rings. The second kappa shape index (κ2) is 11.6. The van der Waals surface area contributed by atoms with E-state index in [0.29, 0.717) is 25.1 Å². The molecular weight excluding hydrogens is 466 g/mol. The molecule has 194 valence electrons. The van der Waals surface area contributed by atoms with Crippen LogP contribution in [0, 0.1) is 12.8 Å². The molecule has 1 aliphatic heterocycles. The number of likely N-dealkylation sites (N-methyl/N-ethyl adjacent to an activating group) is 1. The van der Waals surface area contributed by atoms with E-state index >= 15 is 0 Å². The molecule has 0 unspecified atom stereocenters. The molecule has 3 atom stereocenters. The number of ether oxygens (including phenoxy) is 1. The second-order valence-corrected chi connectivity index (χ2v) is 10.0. The van der Waals surface area contributed by atoms with Crippen molar-refractivity contribution in [2.45, 2.75) is 39.3 Å². The molecule has 1 aromatic heterocycles. The number of hydrogen-bond donors (Lipinski definition) is 1. The highest BCUT2D eigenvalue weighted by Crippen LogP contribution is 2.30. The normalized spacial score (nSPS) is 18.3. The van der Waals surface area contributed by atoms with Gasteiger partial charge in [0.2, 0.25) is 11.8 Å². The maximum Gasteiger partial charge on any atom is 0.259 e. The number of carbonyl (C=O) groups excluding carboxylic acids is 2. The van der Waals surface area contributed by atoms with Crippen molar-refractivity contribution in [2.24, 2.45) is 5.92 Å². The van der Waals surface area contributed by atoms with E-state index in [-0.39, 0.29) is 42.4 Å². The lowest BCUT2D eigenvalue weighted by Crippen LogP contribution is -2.50. The van der Waals surface area contributed by atoms with Crippen LogP contribution in [0.4, 0.5) is 0 Å². The molecule has 1 N–H and O–H groups in total. The molecule has 37 heavy (non-hydrogen) atoms. The van der Waals surface area contributed by atoms with Crippen LogP contribution in [-0.2, 0) is 11.2 Å². The molecule has 0 saturated heterocycles. The number of benzene rings is 2. The Kier molecular flexibility index (Phi) is 8.24. The zero-order valence-corrected chi connectivity index (χ0v) is 21.9. The summed E-state index contributed by atoms with van der Waals surface area (Å²) in [6.07, 6.45) is 1.63. The third-order valence-electron chi connectivity index (χ3n) is 6.98. The molecular formula is C30H35N3O4. The molecule has 2 heterocycles. The van der Waals surface area contributed by atoms with E-state index in [4.69, 9.17) is 4.74 Å². The standard InChI is InChI=1S/C30H35N3O4/c1-20-10-12-24(13-11-20)25-15-26-29(31-16-25)37-27(21(2)17-33(30(26)36)22(3)19-34)18-32(4)28(35)14-23-8-6-5-7-9-23/h5-13,15-16,21-22,27,34H,14,17-19H2,1-4H3/t21-,22+,27+/m1/s1. The van der Waals surface area contributed by atoms with Crippen molar-refractivity contribution in [3.05, 3.63) is 83.6 Å². The highest BCUT2D eigenvalue weighted by atomic mass is 16.5. The summed E-state index contributed by atoms with van der Waals surface area (Å²) < 4.78 is 6.35. The summed E-state index contributed by atoms with van der Waals surface area (Å²) in [4.78, 5) is 34.5. The zero-order chi connectivity index (χ0) is 26.5. The number of aliphatic hydroxyl groups excluding tert-OH is 1. The molecule has 0 aliphatic carbocycles. The number of nitrogens with zero attached hydrogens (tertiary/aromatic N) is 3. The quantitative estimate of drug-likeness (QED) is 0.530. The lowest BCUT2D eigenvalue weighted by Gasteiger charge is -2.37. The average Bonchev–Trinajstić information content (AvgIpc) is 2.91. The summed E-state index contributed by atoms with van der Waals surface area (Å²) in [5.74, 6) is -0.0893. The van der Waals surface area contributed by atoms with Gasteiger partial charge in [-0.3, -0.25) is 9.59 Å². The molecule has 3 aromatic rings. The van der Waals surface area contributed by atoms with Gasteiger partial charge in [-0.1, -0.05) is 67.1 Å². The highest BCUT2D eigenvalue weighted by Gasteiger charge is 2.34. The summed E-state index contributed by atoms with van der Waals surface area (Å²) in [6, 6.07) is 19.1. The van der Waals surface area contributed by atoms with Crippen LogP contribution in [0.1, 0.15) is 35.3 Å². The fraction of sp³-hybridized carbons (Fsp3) is 0.367. The van der Waals surface area contributed by atoms with Crippen LogP contribution in [-0.4, -0.2) is 70.6 Å². The van der Waals surface area contributed by atoms with Gasteiger partial charge in [0.25, 0.3) is 5.91 Å². The van der Waals surface area contributed by atoms with Crippen molar-refractivity contribution in [3.63, 3.8) is 0 Å². The molecule has 0 saturated carbocycles. The first-order chi connectivity index (χ1) is 17.8. The Bertz CT molecular complexity index is 1230. The predicted molar refractivity (Wildman–Crippen MR) is 143 cm³/mol. The van der Waals surface area contributed by atoms with Gasteiger partial charge in [0.05, 0.1) is 25.6 Å². The van der Waals surface area contributed by atoms with Crippen LogP contribution in [0.25, 0.3) is 11.1 Å². The van der Waals surface area contributed by atoms with Gasteiger partial charge >= 0.3 is 0 Å². The Morgan fingerprint density at radius 3 is 2.54 bits per heavy atom. The number of amides is 2. The van der Waals surface area contributed by atoms with Crippen LogP contribution in [0.2, 0.25) is 0 Å². The van der Waals surface area contributed by atoms with Crippen molar-refractivity contribution < 1.29 is 19.4 Å². The van der Waals surface area contributed by atoms with E-state index in [1.807, 2.05) is 81.4 Å². The maximum atomic E-state index is 13.6. The Morgan fingerprint density at radius 2 is 1.86 bits per heavy atom. The van der Waals surface area contributed by atoms with Gasteiger partial charge in [0.1, 0.15) is 11.7 Å². The van der Waals surface area contributed by atoms with Crippen LogP contribution >= 0.6 is 0 Å². The van der Waals surface area contributed by atoms with E-state index in [2.05, 4.69) is 4.98 Å². The first-order valence-electron chi connectivity index (χ1n) is 12.7. The Hall–Kier alpha value is -3.71. The summed E-state index contributed by atoms with van der Waals surface area (Å²) in [6.45, 7) is 6.44. The monoisotopic (exact) mass is 501 g/mol. The molecule has 7 heteroatoms. The summed E-state index contributed by atoms with van der Waals surface area (Å²) in [5.41, 5.74) is 4.22. The van der Waals surface area contributed by atoms with Crippen molar-refractivity contribution in [1.29, 1.82) is 0 Å². The van der Waals surface area contributed by atoms with Crippen LogP contribution in [0.15, 0.2) is 66.9 Å². The summed E-state index contributed by atoms with van der Waals surface area (Å²) in [5, 5.41) is 9.89. The summed E-state index contributed by atoms with van der Waals surface area (Å²) >= 11 is 0. The Balaban J connectivity index is 1.63. The first kappa shape index (κ1) is 26.4. The van der Waals surface area contributed by atoms with Crippen LogP contribution < -0.4 is 4.74 Å².